The van der Waals surface area contributed by atoms with Gasteiger partial charge < -0.3 is 19.3 Å². The third-order valence-electron chi connectivity index (χ3n) is 9.20. The maximum Gasteiger partial charge on any atom is 0.167 e. The Balaban J connectivity index is 1.41. The van der Waals surface area contributed by atoms with Crippen LogP contribution < -0.4 is 9.47 Å². The van der Waals surface area contributed by atoms with Gasteiger partial charge in [0, 0.05) is 36.1 Å². The molecular weight excluding hydrogens is 524 g/mol. The minimum Gasteiger partial charge on any atom is -0.497 e. The summed E-state index contributed by atoms with van der Waals surface area (Å²) < 4.78 is 10.6. The molecule has 2 fully saturated rings. The van der Waals surface area contributed by atoms with Crippen LogP contribution in [0.1, 0.15) is 97.8 Å². The largest absolute Gasteiger partial charge is 0.497 e. The van der Waals surface area contributed by atoms with E-state index in [1.807, 2.05) is 48.5 Å². The maximum atomic E-state index is 13.7. The van der Waals surface area contributed by atoms with Gasteiger partial charge in [-0.05, 0) is 113 Å². The van der Waals surface area contributed by atoms with Gasteiger partial charge in [-0.1, -0.05) is 38.5 Å². The second-order valence-electron chi connectivity index (χ2n) is 12.3. The Morgan fingerprint density at radius 3 is 1.21 bits per heavy atom. The van der Waals surface area contributed by atoms with Gasteiger partial charge in [-0.15, -0.1) is 0 Å². The van der Waals surface area contributed by atoms with Gasteiger partial charge in [0.15, 0.2) is 11.6 Å². The molecule has 0 aromatic heterocycles. The van der Waals surface area contributed by atoms with Crippen molar-refractivity contribution < 1.29 is 19.1 Å². The van der Waals surface area contributed by atoms with Crippen LogP contribution in [0.4, 0.5) is 0 Å². The molecule has 0 radical (unpaired) electrons. The first-order valence-electron chi connectivity index (χ1n) is 16.4. The zero-order valence-electron chi connectivity index (χ0n) is 26.0. The molecule has 2 atom stereocenters. The van der Waals surface area contributed by atoms with Crippen LogP contribution in [-0.2, 0) is 0 Å². The zero-order chi connectivity index (χ0) is 29.6. The lowest BCUT2D eigenvalue weighted by Crippen LogP contribution is -2.35. The van der Waals surface area contributed by atoms with Crippen LogP contribution in [0.5, 0.6) is 11.5 Å². The number of benzene rings is 2. The van der Waals surface area contributed by atoms with Crippen molar-refractivity contribution in [1.82, 2.24) is 9.80 Å². The number of methoxy groups -OCH3 is 2. The fourth-order valence-corrected chi connectivity index (χ4v) is 6.63. The summed E-state index contributed by atoms with van der Waals surface area (Å²) in [6.07, 6.45) is 13.6. The zero-order valence-corrected chi connectivity index (χ0v) is 26.0. The Bertz CT molecular complexity index is 981. The highest BCUT2D eigenvalue weighted by Gasteiger charge is 2.26. The normalized spacial score (nSPS) is 18.4. The highest BCUT2D eigenvalue weighted by atomic mass is 16.5. The number of unbranched alkanes of at least 4 members (excludes halogenated alkanes) is 1. The third-order valence-corrected chi connectivity index (χ3v) is 9.20. The summed E-state index contributed by atoms with van der Waals surface area (Å²) in [5.41, 5.74) is 1.54. The van der Waals surface area contributed by atoms with Crippen molar-refractivity contribution in [3.8, 4) is 11.5 Å². The number of rotatable bonds is 15. The smallest absolute Gasteiger partial charge is 0.167 e. The summed E-state index contributed by atoms with van der Waals surface area (Å²) in [4.78, 5) is 32.5. The van der Waals surface area contributed by atoms with Crippen molar-refractivity contribution in [3.63, 3.8) is 0 Å². The topological polar surface area (TPSA) is 59.1 Å². The molecule has 2 aliphatic heterocycles. The molecule has 2 aliphatic rings. The van der Waals surface area contributed by atoms with Crippen LogP contribution >= 0.6 is 0 Å². The molecule has 42 heavy (non-hydrogen) atoms. The second kappa shape index (κ2) is 17.4. The number of carbonyl (C=O) groups excluding carboxylic acids is 2. The lowest BCUT2D eigenvalue weighted by molar-refractivity contribution is 0.0848. The first kappa shape index (κ1) is 32.2. The minimum absolute atomic E-state index is 0.0298. The fourth-order valence-electron chi connectivity index (χ4n) is 6.63. The van der Waals surface area contributed by atoms with Crippen LogP contribution in [0.3, 0.4) is 0 Å². The number of Topliss-reactive ketones (excluding diaryl/α,β-unsaturated/α-hetero) is 2. The van der Waals surface area contributed by atoms with Gasteiger partial charge in [-0.25, -0.2) is 0 Å². The van der Waals surface area contributed by atoms with E-state index in [1.165, 1.54) is 51.4 Å². The van der Waals surface area contributed by atoms with Crippen LogP contribution in [0.15, 0.2) is 48.5 Å². The summed E-state index contributed by atoms with van der Waals surface area (Å²) in [7, 11) is 3.30. The molecule has 2 saturated heterocycles. The molecule has 230 valence electrons. The van der Waals surface area contributed by atoms with Gasteiger partial charge in [0.2, 0.25) is 0 Å². The van der Waals surface area contributed by atoms with E-state index < -0.39 is 0 Å². The number of hydrogen-bond donors (Lipinski definition) is 0. The van der Waals surface area contributed by atoms with Crippen molar-refractivity contribution in [1.29, 1.82) is 0 Å². The first-order valence-corrected chi connectivity index (χ1v) is 16.4. The Morgan fingerprint density at radius 2 is 0.905 bits per heavy atom. The molecule has 0 saturated carbocycles. The van der Waals surface area contributed by atoms with E-state index in [-0.39, 0.29) is 23.4 Å². The number of ketones is 2. The SMILES string of the molecule is COc1ccc(C(=O)C(CCCCC(CN2CCCCCC2)C(=O)c2ccc(OC)cc2)CN2CCCCCC2)cc1. The number of hydrogen-bond acceptors (Lipinski definition) is 6. The Kier molecular flexibility index (Phi) is 13.4. The highest BCUT2D eigenvalue weighted by molar-refractivity contribution is 5.98. The van der Waals surface area contributed by atoms with Crippen LogP contribution in [0.2, 0.25) is 0 Å². The summed E-state index contributed by atoms with van der Waals surface area (Å²) in [6.45, 7) is 5.99. The number of likely N-dealkylation sites (tertiary alicyclic amines) is 2. The fraction of sp³-hybridized carbons (Fsp3) is 0.611. The third kappa shape index (κ3) is 9.95. The number of carbonyl (C=O) groups is 2. The van der Waals surface area contributed by atoms with Gasteiger partial charge in [0.1, 0.15) is 11.5 Å². The average Bonchev–Trinajstić information content (AvgIpc) is 3.46. The van der Waals surface area contributed by atoms with Crippen LogP contribution in [-0.4, -0.2) is 74.9 Å². The molecule has 2 aromatic carbocycles. The van der Waals surface area contributed by atoms with Crippen molar-refractivity contribution in [2.45, 2.75) is 77.0 Å². The average molecular weight is 577 g/mol. The van der Waals surface area contributed by atoms with Crippen molar-refractivity contribution in [2.75, 3.05) is 53.5 Å². The van der Waals surface area contributed by atoms with E-state index >= 15 is 0 Å². The van der Waals surface area contributed by atoms with E-state index in [4.69, 9.17) is 9.47 Å². The molecule has 6 nitrogen and oxygen atoms in total. The Morgan fingerprint density at radius 1 is 0.571 bits per heavy atom. The van der Waals surface area contributed by atoms with Crippen molar-refractivity contribution in [3.05, 3.63) is 59.7 Å². The van der Waals surface area contributed by atoms with E-state index in [1.54, 1.807) is 14.2 Å². The van der Waals surface area contributed by atoms with Crippen LogP contribution in [0, 0.1) is 11.8 Å². The van der Waals surface area contributed by atoms with Gasteiger partial charge in [0.25, 0.3) is 0 Å². The molecule has 2 unspecified atom stereocenters. The second-order valence-corrected chi connectivity index (χ2v) is 12.3. The van der Waals surface area contributed by atoms with Crippen LogP contribution in [0.25, 0.3) is 0 Å². The van der Waals surface area contributed by atoms with Gasteiger partial charge in [0.05, 0.1) is 14.2 Å². The molecule has 2 aromatic rings. The first-order chi connectivity index (χ1) is 20.6. The molecule has 4 rings (SSSR count). The lowest BCUT2D eigenvalue weighted by Gasteiger charge is -2.27. The van der Waals surface area contributed by atoms with Gasteiger partial charge in [-0.3, -0.25) is 9.59 Å². The van der Waals surface area contributed by atoms with E-state index in [9.17, 15) is 9.59 Å². The molecule has 0 spiro atoms. The Hall–Kier alpha value is -2.70. The molecule has 2 heterocycles. The summed E-state index contributed by atoms with van der Waals surface area (Å²) in [5.74, 6) is 1.95. The standard InChI is InChI=1S/C36H52N2O4/c1-41-33-19-15-29(16-20-33)35(39)31(27-37-23-9-3-4-10-24-37)13-7-8-14-32(28-38-25-11-5-6-12-26-38)36(40)30-17-21-34(42-2)22-18-30/h15-22,31-32H,3-14,23-28H2,1-2H3. The Labute approximate surface area is 253 Å². The molecular formula is C36H52N2O4. The van der Waals surface area contributed by atoms with E-state index in [0.29, 0.717) is 0 Å². The minimum atomic E-state index is -0.0298. The summed E-state index contributed by atoms with van der Waals surface area (Å²) in [6, 6.07) is 15.1. The predicted octanol–water partition coefficient (Wildman–Crippen LogP) is 7.31. The quantitative estimate of drug-likeness (QED) is 0.164. The molecule has 0 bridgehead atoms. The molecule has 0 aliphatic carbocycles. The summed E-state index contributed by atoms with van der Waals surface area (Å²) in [5, 5.41) is 0. The number of ether oxygens (including phenoxy) is 2. The molecule has 6 heteroatoms. The monoisotopic (exact) mass is 576 g/mol. The summed E-state index contributed by atoms with van der Waals surface area (Å²) >= 11 is 0. The van der Waals surface area contributed by atoms with Gasteiger partial charge >= 0.3 is 0 Å². The molecule has 0 N–H and O–H groups in total. The highest BCUT2D eigenvalue weighted by Crippen LogP contribution is 2.25. The van der Waals surface area contributed by atoms with Crippen molar-refractivity contribution >= 4 is 11.6 Å². The maximum absolute atomic E-state index is 13.7. The van der Waals surface area contributed by atoms with E-state index in [2.05, 4.69) is 9.80 Å². The number of nitrogens with zero attached hydrogens (tertiary/aromatic N) is 2. The predicted molar refractivity (Wildman–Crippen MR) is 170 cm³/mol. The lowest BCUT2D eigenvalue weighted by atomic mass is 9.88. The van der Waals surface area contributed by atoms with Crippen molar-refractivity contribution in [2.24, 2.45) is 11.8 Å². The molecule has 0 amide bonds. The van der Waals surface area contributed by atoms with Gasteiger partial charge in [-0.2, -0.15) is 0 Å². The van der Waals surface area contributed by atoms with E-state index in [0.717, 1.165) is 87.6 Å².